The third-order valence-electron chi connectivity index (χ3n) is 5.17. The number of ether oxygens (including phenoxy) is 2. The van der Waals surface area contributed by atoms with Crippen molar-refractivity contribution >= 4 is 16.8 Å². The van der Waals surface area contributed by atoms with Crippen LogP contribution in [0.1, 0.15) is 31.9 Å². The number of amides is 1. The second-order valence-corrected chi connectivity index (χ2v) is 7.51. The highest BCUT2D eigenvalue weighted by Crippen LogP contribution is 2.34. The monoisotopic (exact) mass is 378 g/mol. The van der Waals surface area contributed by atoms with Crippen molar-refractivity contribution in [3.63, 3.8) is 0 Å². The summed E-state index contributed by atoms with van der Waals surface area (Å²) in [7, 11) is 0. The highest BCUT2D eigenvalue weighted by molar-refractivity contribution is 5.80. The second kappa shape index (κ2) is 7.97. The Bertz CT molecular complexity index is 977. The van der Waals surface area contributed by atoms with Gasteiger partial charge in [0.25, 0.3) is 0 Å². The molecule has 28 heavy (non-hydrogen) atoms. The van der Waals surface area contributed by atoms with Gasteiger partial charge in [0.2, 0.25) is 5.91 Å². The first-order valence-electron chi connectivity index (χ1n) is 9.84. The summed E-state index contributed by atoms with van der Waals surface area (Å²) >= 11 is 0. The Balaban J connectivity index is 1.43. The van der Waals surface area contributed by atoms with Gasteiger partial charge in [0.1, 0.15) is 13.2 Å². The van der Waals surface area contributed by atoms with Crippen LogP contribution in [0.4, 0.5) is 0 Å². The fourth-order valence-corrected chi connectivity index (χ4v) is 3.69. The molecule has 2 aromatic carbocycles. The molecule has 1 aliphatic rings. The molecule has 0 aliphatic carbocycles. The molecule has 2 heterocycles. The molecule has 1 aliphatic heterocycles. The number of hydrogen-bond acceptors (Lipinski definition) is 3. The Hall–Kier alpha value is -2.95. The minimum absolute atomic E-state index is 0.0476. The molecule has 5 nitrogen and oxygen atoms in total. The maximum Gasteiger partial charge on any atom is 0.222 e. The Labute approximate surface area is 165 Å². The summed E-state index contributed by atoms with van der Waals surface area (Å²) in [6.45, 7) is 6.01. The summed E-state index contributed by atoms with van der Waals surface area (Å²) in [5.74, 6) is 1.83. The van der Waals surface area contributed by atoms with Crippen LogP contribution in [0.3, 0.4) is 0 Å². The summed E-state index contributed by atoms with van der Waals surface area (Å²) in [6, 6.07) is 16.2. The average molecular weight is 378 g/mol. The summed E-state index contributed by atoms with van der Waals surface area (Å²) in [5.41, 5.74) is 2.20. The first kappa shape index (κ1) is 18.4. The standard InChI is InChI=1S/C23H26N2O3/c1-16(2)23(18-7-8-20-21(15-18)28-14-13-27-20)24-22(26)10-12-25-11-9-17-5-3-4-6-19(17)25/h3-9,11,15-16,23H,10,12-14H2,1-2H3,(H,24,26). The summed E-state index contributed by atoms with van der Waals surface area (Å²) < 4.78 is 13.4. The van der Waals surface area contributed by atoms with Crippen molar-refractivity contribution in [2.45, 2.75) is 32.9 Å². The van der Waals surface area contributed by atoms with Crippen LogP contribution in [0.15, 0.2) is 54.7 Å². The molecule has 1 amide bonds. The van der Waals surface area contributed by atoms with Gasteiger partial charge >= 0.3 is 0 Å². The number of benzene rings is 2. The normalized spacial score (nSPS) is 14.2. The largest absolute Gasteiger partial charge is 0.486 e. The maximum atomic E-state index is 12.7. The Morgan fingerprint density at radius 1 is 1.07 bits per heavy atom. The lowest BCUT2D eigenvalue weighted by Crippen LogP contribution is -2.32. The van der Waals surface area contributed by atoms with E-state index >= 15 is 0 Å². The van der Waals surface area contributed by atoms with Crippen molar-refractivity contribution in [3.05, 3.63) is 60.3 Å². The molecule has 0 spiro atoms. The molecule has 1 unspecified atom stereocenters. The van der Waals surface area contributed by atoms with Crippen molar-refractivity contribution < 1.29 is 14.3 Å². The van der Waals surface area contributed by atoms with E-state index in [9.17, 15) is 4.79 Å². The van der Waals surface area contributed by atoms with Crippen LogP contribution in [0.2, 0.25) is 0 Å². The van der Waals surface area contributed by atoms with E-state index in [2.05, 4.69) is 41.9 Å². The Morgan fingerprint density at radius 3 is 2.68 bits per heavy atom. The van der Waals surface area contributed by atoms with Gasteiger partial charge in [0, 0.05) is 24.7 Å². The number of carbonyl (C=O) groups is 1. The van der Waals surface area contributed by atoms with Crippen molar-refractivity contribution in [2.24, 2.45) is 5.92 Å². The van der Waals surface area contributed by atoms with Crippen LogP contribution in [-0.4, -0.2) is 23.7 Å². The minimum Gasteiger partial charge on any atom is -0.486 e. The molecule has 1 atom stereocenters. The number of aryl methyl sites for hydroxylation is 1. The highest BCUT2D eigenvalue weighted by atomic mass is 16.6. The van der Waals surface area contributed by atoms with E-state index in [1.165, 1.54) is 5.39 Å². The maximum absolute atomic E-state index is 12.7. The van der Waals surface area contributed by atoms with Crippen LogP contribution in [-0.2, 0) is 11.3 Å². The number of fused-ring (bicyclic) bond motifs is 2. The van der Waals surface area contributed by atoms with E-state index in [1.54, 1.807) is 0 Å². The second-order valence-electron chi connectivity index (χ2n) is 7.51. The molecular formula is C23H26N2O3. The molecule has 5 heteroatoms. The third kappa shape index (κ3) is 3.84. The van der Waals surface area contributed by atoms with Gasteiger partial charge in [-0.25, -0.2) is 0 Å². The molecular weight excluding hydrogens is 352 g/mol. The lowest BCUT2D eigenvalue weighted by molar-refractivity contribution is -0.122. The van der Waals surface area contributed by atoms with Crippen LogP contribution < -0.4 is 14.8 Å². The zero-order valence-corrected chi connectivity index (χ0v) is 16.4. The first-order valence-corrected chi connectivity index (χ1v) is 9.84. The molecule has 1 N–H and O–H groups in total. The molecule has 0 fully saturated rings. The van der Waals surface area contributed by atoms with Crippen molar-refractivity contribution in [2.75, 3.05) is 13.2 Å². The van der Waals surface area contributed by atoms with Crippen LogP contribution in [0.5, 0.6) is 11.5 Å². The fraction of sp³-hybridized carbons (Fsp3) is 0.348. The molecule has 146 valence electrons. The number of aromatic nitrogens is 1. The number of para-hydroxylation sites is 1. The zero-order chi connectivity index (χ0) is 19.5. The van der Waals surface area contributed by atoms with Crippen molar-refractivity contribution in [1.82, 2.24) is 9.88 Å². The van der Waals surface area contributed by atoms with Crippen LogP contribution in [0.25, 0.3) is 10.9 Å². The fourth-order valence-electron chi connectivity index (χ4n) is 3.69. The Morgan fingerprint density at radius 2 is 1.86 bits per heavy atom. The SMILES string of the molecule is CC(C)C(NC(=O)CCn1ccc2ccccc21)c1ccc2c(c1)OCCO2. The number of nitrogens with zero attached hydrogens (tertiary/aromatic N) is 1. The zero-order valence-electron chi connectivity index (χ0n) is 16.4. The lowest BCUT2D eigenvalue weighted by atomic mass is 9.95. The van der Waals surface area contributed by atoms with E-state index < -0.39 is 0 Å². The minimum atomic E-state index is -0.0651. The van der Waals surface area contributed by atoms with Gasteiger partial charge in [-0.15, -0.1) is 0 Å². The molecule has 0 saturated carbocycles. The van der Waals surface area contributed by atoms with Gasteiger partial charge < -0.3 is 19.4 Å². The van der Waals surface area contributed by atoms with Crippen molar-refractivity contribution in [1.29, 1.82) is 0 Å². The topological polar surface area (TPSA) is 52.5 Å². The smallest absolute Gasteiger partial charge is 0.222 e. The molecule has 0 radical (unpaired) electrons. The van der Waals surface area contributed by atoms with E-state index in [1.807, 2.05) is 36.5 Å². The van der Waals surface area contributed by atoms with E-state index in [0.29, 0.717) is 26.2 Å². The highest BCUT2D eigenvalue weighted by Gasteiger charge is 2.21. The Kier molecular flexibility index (Phi) is 5.24. The molecule has 0 bridgehead atoms. The van der Waals surface area contributed by atoms with Gasteiger partial charge in [-0.3, -0.25) is 4.79 Å². The van der Waals surface area contributed by atoms with Gasteiger partial charge in [0.15, 0.2) is 11.5 Å². The van der Waals surface area contributed by atoms with Crippen LogP contribution in [0, 0.1) is 5.92 Å². The van der Waals surface area contributed by atoms with E-state index in [4.69, 9.17) is 9.47 Å². The lowest BCUT2D eigenvalue weighted by Gasteiger charge is -2.25. The van der Waals surface area contributed by atoms with Gasteiger partial charge in [-0.2, -0.15) is 0 Å². The predicted molar refractivity (Wildman–Crippen MR) is 110 cm³/mol. The quantitative estimate of drug-likeness (QED) is 0.695. The van der Waals surface area contributed by atoms with E-state index in [-0.39, 0.29) is 17.9 Å². The number of carbonyl (C=O) groups excluding carboxylic acids is 1. The predicted octanol–water partition coefficient (Wildman–Crippen LogP) is 4.32. The first-order chi connectivity index (χ1) is 13.6. The molecule has 4 rings (SSSR count). The molecule has 1 aromatic heterocycles. The average Bonchev–Trinajstić information content (AvgIpc) is 3.13. The number of hydrogen-bond donors (Lipinski definition) is 1. The number of nitrogens with one attached hydrogen (secondary N) is 1. The molecule has 3 aromatic rings. The van der Waals surface area contributed by atoms with Gasteiger partial charge in [0.05, 0.1) is 6.04 Å². The molecule has 0 saturated heterocycles. The summed E-state index contributed by atoms with van der Waals surface area (Å²) in [5, 5.41) is 4.40. The van der Waals surface area contributed by atoms with E-state index in [0.717, 1.165) is 22.6 Å². The van der Waals surface area contributed by atoms with Crippen LogP contribution >= 0.6 is 0 Å². The van der Waals surface area contributed by atoms with Gasteiger partial charge in [-0.1, -0.05) is 38.1 Å². The number of rotatable bonds is 6. The summed E-state index contributed by atoms with van der Waals surface area (Å²) in [4.78, 5) is 12.7. The third-order valence-corrected chi connectivity index (χ3v) is 5.17. The van der Waals surface area contributed by atoms with Crippen molar-refractivity contribution in [3.8, 4) is 11.5 Å². The summed E-state index contributed by atoms with van der Waals surface area (Å²) in [6.07, 6.45) is 2.48. The van der Waals surface area contributed by atoms with Gasteiger partial charge in [-0.05, 0) is 41.1 Å².